The first-order chi connectivity index (χ1) is 19.5. The monoisotopic (exact) mass is 554 g/mol. The maximum Gasteiger partial charge on any atom is 0.150 e. The summed E-state index contributed by atoms with van der Waals surface area (Å²) in [6.45, 7) is 24.3. The third kappa shape index (κ3) is 4.92. The molecule has 4 heterocycles. The fraction of sp³-hybridized carbons (Fsp3) is 0.303. The third-order valence-corrected chi connectivity index (χ3v) is 7.83. The minimum Gasteiger partial charge on any atom is -0.368 e. The van der Waals surface area contributed by atoms with Crippen LogP contribution in [0.3, 0.4) is 0 Å². The summed E-state index contributed by atoms with van der Waals surface area (Å²) in [5.74, 6) is 0.419. The molecule has 1 atom stereocenters. The normalized spacial score (nSPS) is 17.1. The van der Waals surface area contributed by atoms with Gasteiger partial charge in [-0.1, -0.05) is 45.7 Å². The first kappa shape index (κ1) is 28.2. The zero-order valence-electron chi connectivity index (χ0n) is 24.4. The Kier molecular flexibility index (Phi) is 7.51. The van der Waals surface area contributed by atoms with Crippen LogP contribution in [0.4, 0.5) is 20.3 Å². The number of nitrogens with zero attached hydrogens (tertiary/aromatic N) is 6. The van der Waals surface area contributed by atoms with Crippen LogP contribution in [0.5, 0.6) is 0 Å². The van der Waals surface area contributed by atoms with Gasteiger partial charge < -0.3 is 9.80 Å². The molecule has 0 aliphatic carbocycles. The van der Waals surface area contributed by atoms with Crippen LogP contribution < -0.4 is 4.90 Å². The van der Waals surface area contributed by atoms with Crippen LogP contribution in [0.25, 0.3) is 11.3 Å². The number of anilines is 2. The average Bonchev–Trinajstić information content (AvgIpc) is 2.93. The minimum absolute atomic E-state index is 0.0364. The van der Waals surface area contributed by atoms with Crippen LogP contribution in [-0.4, -0.2) is 51.3 Å². The van der Waals surface area contributed by atoms with Gasteiger partial charge in [-0.15, -0.1) is 0 Å². The van der Waals surface area contributed by atoms with Crippen molar-refractivity contribution in [3.63, 3.8) is 0 Å². The lowest BCUT2D eigenvalue weighted by Crippen LogP contribution is -2.54. The van der Waals surface area contributed by atoms with Gasteiger partial charge in [0.05, 0.1) is 16.9 Å². The summed E-state index contributed by atoms with van der Waals surface area (Å²) in [6.07, 6.45) is 3.53. The lowest BCUT2D eigenvalue weighted by atomic mass is 10.00. The standard InChI is InChI=1S/C33H36F2N6/c1-9-22(6)39-15-16-40(23(7)18-39)32-25-17-27(35)30(28-20(4)11-10-12-26(28)34)38-33(25)41(24(8)37-32)31-21(5)13-14-36-29(31)19(2)3/h9-14,17,19,23H,1,6,8,15-16,18H2,2-5,7H3. The summed E-state index contributed by atoms with van der Waals surface area (Å²) in [5.41, 5.74) is 4.67. The molecule has 8 heteroatoms. The summed E-state index contributed by atoms with van der Waals surface area (Å²) in [4.78, 5) is 20.7. The van der Waals surface area contributed by atoms with Gasteiger partial charge in [0, 0.05) is 43.1 Å². The maximum absolute atomic E-state index is 16.0. The number of halogens is 2. The Labute approximate surface area is 241 Å². The number of rotatable bonds is 5. The molecule has 41 heavy (non-hydrogen) atoms. The second-order valence-electron chi connectivity index (χ2n) is 11.0. The molecular weight excluding hydrogens is 518 g/mol. The van der Waals surface area contributed by atoms with E-state index in [2.05, 4.69) is 55.3 Å². The van der Waals surface area contributed by atoms with E-state index in [1.807, 2.05) is 17.9 Å². The van der Waals surface area contributed by atoms with E-state index in [0.717, 1.165) is 22.6 Å². The van der Waals surface area contributed by atoms with Crippen molar-refractivity contribution >= 4 is 17.3 Å². The summed E-state index contributed by atoms with van der Waals surface area (Å²) in [5, 5.41) is 0. The maximum atomic E-state index is 16.0. The number of aromatic nitrogens is 2. The van der Waals surface area contributed by atoms with Crippen LogP contribution in [-0.2, 0) is 0 Å². The zero-order chi connectivity index (χ0) is 29.6. The average molecular weight is 555 g/mol. The van der Waals surface area contributed by atoms with E-state index in [9.17, 15) is 0 Å². The highest BCUT2D eigenvalue weighted by Gasteiger charge is 2.36. The second kappa shape index (κ2) is 10.9. The fourth-order valence-corrected chi connectivity index (χ4v) is 5.68. The molecule has 0 saturated carbocycles. The SMILES string of the molecule is C=CC(=C)N1CCN(C2=NC(=C)N(c3c(C)ccnc3C(C)C)c3nc(-c4c(C)cccc4F)c(F)cc32)C(C)C1. The van der Waals surface area contributed by atoms with Gasteiger partial charge in [-0.3, -0.25) is 9.88 Å². The van der Waals surface area contributed by atoms with Gasteiger partial charge in [-0.25, -0.2) is 18.8 Å². The third-order valence-electron chi connectivity index (χ3n) is 7.83. The van der Waals surface area contributed by atoms with Crippen LogP contribution in [0, 0.1) is 25.5 Å². The van der Waals surface area contributed by atoms with Crippen LogP contribution >= 0.6 is 0 Å². The van der Waals surface area contributed by atoms with Gasteiger partial charge in [-0.2, -0.15) is 0 Å². The lowest BCUT2D eigenvalue weighted by Gasteiger charge is -2.44. The molecule has 0 bridgehead atoms. The number of fused-ring (bicyclic) bond motifs is 1. The quantitative estimate of drug-likeness (QED) is 0.311. The number of aliphatic imine (C=N–C) groups is 1. The molecule has 1 fully saturated rings. The van der Waals surface area contributed by atoms with Crippen LogP contribution in [0.2, 0.25) is 0 Å². The highest BCUT2D eigenvalue weighted by molar-refractivity contribution is 6.07. The predicted molar refractivity (Wildman–Crippen MR) is 162 cm³/mol. The fourth-order valence-electron chi connectivity index (χ4n) is 5.68. The van der Waals surface area contributed by atoms with E-state index < -0.39 is 11.6 Å². The summed E-state index contributed by atoms with van der Waals surface area (Å²) < 4.78 is 31.1. The van der Waals surface area contributed by atoms with Crippen molar-refractivity contribution in [1.82, 2.24) is 19.8 Å². The Balaban J connectivity index is 1.73. The molecule has 0 radical (unpaired) electrons. The van der Waals surface area contributed by atoms with Gasteiger partial charge in [0.2, 0.25) is 0 Å². The number of amidine groups is 1. The first-order valence-electron chi connectivity index (χ1n) is 13.9. The molecule has 212 valence electrons. The molecule has 2 aromatic heterocycles. The second-order valence-corrected chi connectivity index (χ2v) is 11.0. The van der Waals surface area contributed by atoms with Crippen molar-refractivity contribution in [2.24, 2.45) is 4.99 Å². The molecule has 0 N–H and O–H groups in total. The summed E-state index contributed by atoms with van der Waals surface area (Å²) in [6, 6.07) is 8.08. The van der Waals surface area contributed by atoms with Crippen molar-refractivity contribution in [3.8, 4) is 11.3 Å². The molecule has 1 unspecified atom stereocenters. The minimum atomic E-state index is -0.615. The first-order valence-corrected chi connectivity index (χ1v) is 13.9. The molecule has 5 rings (SSSR count). The molecule has 0 spiro atoms. The molecule has 2 aliphatic heterocycles. The number of aryl methyl sites for hydroxylation is 2. The van der Waals surface area contributed by atoms with Crippen molar-refractivity contribution in [3.05, 3.63) is 108 Å². The van der Waals surface area contributed by atoms with Crippen molar-refractivity contribution in [2.45, 2.75) is 46.6 Å². The molecule has 1 aromatic carbocycles. The van der Waals surface area contributed by atoms with Crippen molar-refractivity contribution in [2.75, 3.05) is 24.5 Å². The van der Waals surface area contributed by atoms with Gasteiger partial charge in [0.25, 0.3) is 0 Å². The molecule has 6 nitrogen and oxygen atoms in total. The summed E-state index contributed by atoms with van der Waals surface area (Å²) in [7, 11) is 0. The van der Waals surface area contributed by atoms with Crippen LogP contribution in [0.1, 0.15) is 49.1 Å². The number of piperazine rings is 1. The van der Waals surface area contributed by atoms with E-state index in [0.29, 0.717) is 48.2 Å². The highest BCUT2D eigenvalue weighted by atomic mass is 19.1. The largest absolute Gasteiger partial charge is 0.368 e. The summed E-state index contributed by atoms with van der Waals surface area (Å²) >= 11 is 0. The van der Waals surface area contributed by atoms with Crippen molar-refractivity contribution in [1.29, 1.82) is 0 Å². The Hall–Kier alpha value is -4.33. The number of hydrogen-bond donors (Lipinski definition) is 0. The van der Waals surface area contributed by atoms with E-state index in [-0.39, 0.29) is 23.2 Å². The van der Waals surface area contributed by atoms with E-state index in [1.165, 1.54) is 12.1 Å². The number of hydrogen-bond acceptors (Lipinski definition) is 6. The number of allylic oxidation sites excluding steroid dienone is 1. The van der Waals surface area contributed by atoms with E-state index >= 15 is 8.78 Å². The van der Waals surface area contributed by atoms with E-state index in [4.69, 9.17) is 9.98 Å². The van der Waals surface area contributed by atoms with Gasteiger partial charge >= 0.3 is 0 Å². The topological polar surface area (TPSA) is 47.9 Å². The van der Waals surface area contributed by atoms with Gasteiger partial charge in [-0.05, 0) is 62.1 Å². The van der Waals surface area contributed by atoms with Gasteiger partial charge in [0.1, 0.15) is 29.0 Å². The Bertz CT molecular complexity index is 1570. The molecule has 1 saturated heterocycles. The Morgan fingerprint density at radius 1 is 1.10 bits per heavy atom. The molecular formula is C33H36F2N6. The van der Waals surface area contributed by atoms with Crippen molar-refractivity contribution < 1.29 is 8.78 Å². The van der Waals surface area contributed by atoms with E-state index in [1.54, 1.807) is 31.3 Å². The Morgan fingerprint density at radius 3 is 2.51 bits per heavy atom. The Morgan fingerprint density at radius 2 is 1.85 bits per heavy atom. The smallest absolute Gasteiger partial charge is 0.150 e. The van der Waals surface area contributed by atoms with Crippen LogP contribution in [0.15, 0.2) is 78.9 Å². The number of benzene rings is 1. The highest BCUT2D eigenvalue weighted by Crippen LogP contribution is 2.43. The molecule has 0 amide bonds. The molecule has 2 aliphatic rings. The van der Waals surface area contributed by atoms with Gasteiger partial charge in [0.15, 0.2) is 5.82 Å². The molecule has 3 aromatic rings. The zero-order valence-corrected chi connectivity index (χ0v) is 24.4. The predicted octanol–water partition coefficient (Wildman–Crippen LogP) is 7.24. The lowest BCUT2D eigenvalue weighted by molar-refractivity contribution is 0.171. The number of pyridine rings is 2.